The number of halogens is 1. The number of aromatic nitrogens is 2. The Hall–Kier alpha value is -0.620. The van der Waals surface area contributed by atoms with Crippen LogP contribution in [0.1, 0.15) is 50.8 Å². The normalized spacial score (nSPS) is 19.9. The molecule has 0 saturated heterocycles. The van der Waals surface area contributed by atoms with Gasteiger partial charge >= 0.3 is 0 Å². The highest BCUT2D eigenvalue weighted by molar-refractivity contribution is 6.31. The van der Waals surface area contributed by atoms with Crippen LogP contribution in [0.4, 0.5) is 0 Å². The van der Waals surface area contributed by atoms with Crippen LogP contribution in [0.3, 0.4) is 0 Å². The Morgan fingerprint density at radius 3 is 2.67 bits per heavy atom. The van der Waals surface area contributed by atoms with Crippen LogP contribution in [0.25, 0.3) is 0 Å². The van der Waals surface area contributed by atoms with Crippen LogP contribution in [-0.2, 0) is 6.54 Å². The predicted molar refractivity (Wildman–Crippen MR) is 87.0 cm³/mol. The summed E-state index contributed by atoms with van der Waals surface area (Å²) in [5, 5.41) is 5.16. The molecule has 1 unspecified atom stereocenters. The molecule has 0 bridgehead atoms. The summed E-state index contributed by atoms with van der Waals surface area (Å²) in [6.45, 7) is 4.07. The average molecular weight is 314 g/mol. The molecule has 5 nitrogen and oxygen atoms in total. The van der Waals surface area contributed by atoms with Crippen molar-refractivity contribution in [1.29, 1.82) is 0 Å². The minimum atomic E-state index is 0.0509. The van der Waals surface area contributed by atoms with E-state index >= 15 is 0 Å². The van der Waals surface area contributed by atoms with Gasteiger partial charge in [-0.25, -0.2) is 0 Å². The Bertz CT molecular complexity index is 451. The zero-order valence-corrected chi connectivity index (χ0v) is 14.2. The van der Waals surface area contributed by atoms with Crippen molar-refractivity contribution in [2.45, 2.75) is 51.6 Å². The predicted octanol–water partition coefficient (Wildman–Crippen LogP) is 2.57. The fourth-order valence-corrected chi connectivity index (χ4v) is 3.64. The van der Waals surface area contributed by atoms with Gasteiger partial charge in [0.25, 0.3) is 0 Å². The third-order valence-electron chi connectivity index (χ3n) is 4.73. The molecule has 0 aromatic carbocycles. The third kappa shape index (κ3) is 3.77. The monoisotopic (exact) mass is 313 g/mol. The van der Waals surface area contributed by atoms with Gasteiger partial charge in [0.15, 0.2) is 0 Å². The van der Waals surface area contributed by atoms with Crippen LogP contribution in [0, 0.1) is 5.41 Å². The number of nitrogens with zero attached hydrogens (tertiary/aromatic N) is 3. The highest BCUT2D eigenvalue weighted by Gasteiger charge is 2.38. The molecule has 120 valence electrons. The zero-order chi connectivity index (χ0) is 15.5. The Kier molecular flexibility index (Phi) is 5.66. The minimum Gasteiger partial charge on any atom is -0.308 e. The molecule has 3 N–H and O–H groups in total. The van der Waals surface area contributed by atoms with Crippen molar-refractivity contribution in [1.82, 2.24) is 20.1 Å². The van der Waals surface area contributed by atoms with E-state index < -0.39 is 0 Å². The molecular weight excluding hydrogens is 286 g/mol. The Morgan fingerprint density at radius 1 is 1.43 bits per heavy atom. The van der Waals surface area contributed by atoms with Gasteiger partial charge in [0.2, 0.25) is 0 Å². The van der Waals surface area contributed by atoms with E-state index in [0.717, 1.165) is 18.8 Å². The van der Waals surface area contributed by atoms with E-state index in [-0.39, 0.29) is 11.5 Å². The van der Waals surface area contributed by atoms with E-state index in [9.17, 15) is 0 Å². The molecule has 1 aliphatic rings. The van der Waals surface area contributed by atoms with E-state index in [1.54, 1.807) is 6.20 Å². The molecular formula is C15H28ClN5. The quantitative estimate of drug-likeness (QED) is 0.626. The Balaban J connectivity index is 2.26. The molecule has 1 heterocycles. The summed E-state index contributed by atoms with van der Waals surface area (Å²) in [5.74, 6) is 5.91. The molecule has 0 spiro atoms. The zero-order valence-electron chi connectivity index (χ0n) is 13.4. The Labute approximate surface area is 132 Å². The average Bonchev–Trinajstić information content (AvgIpc) is 2.80. The summed E-state index contributed by atoms with van der Waals surface area (Å²) < 4.78 is 2.01. The van der Waals surface area contributed by atoms with Gasteiger partial charge in [-0.2, -0.15) is 5.10 Å². The molecule has 1 aliphatic carbocycles. The van der Waals surface area contributed by atoms with Gasteiger partial charge in [-0.3, -0.25) is 16.0 Å². The topological polar surface area (TPSA) is 59.1 Å². The molecule has 2 rings (SSSR count). The lowest BCUT2D eigenvalue weighted by Gasteiger charge is -2.40. The van der Waals surface area contributed by atoms with Crippen molar-refractivity contribution in [3.8, 4) is 0 Å². The molecule has 6 heteroatoms. The molecule has 1 fully saturated rings. The molecule has 1 aromatic heterocycles. The van der Waals surface area contributed by atoms with Crippen LogP contribution >= 0.6 is 11.6 Å². The molecule has 0 amide bonds. The first-order valence-electron chi connectivity index (χ1n) is 7.80. The molecule has 1 atom stereocenters. The van der Waals surface area contributed by atoms with Crippen molar-refractivity contribution < 1.29 is 0 Å². The van der Waals surface area contributed by atoms with E-state index in [4.69, 9.17) is 17.4 Å². The fourth-order valence-electron chi connectivity index (χ4n) is 3.39. The van der Waals surface area contributed by atoms with Gasteiger partial charge in [0.1, 0.15) is 0 Å². The largest absolute Gasteiger partial charge is 0.308 e. The minimum absolute atomic E-state index is 0.0509. The fraction of sp³-hybridized carbons (Fsp3) is 0.800. The van der Waals surface area contributed by atoms with Gasteiger partial charge in [0, 0.05) is 6.54 Å². The van der Waals surface area contributed by atoms with Crippen LogP contribution in [0.5, 0.6) is 0 Å². The number of hydrogen-bond donors (Lipinski definition) is 2. The lowest BCUT2D eigenvalue weighted by Crippen LogP contribution is -2.42. The van der Waals surface area contributed by atoms with Crippen molar-refractivity contribution in [3.63, 3.8) is 0 Å². The first kappa shape index (κ1) is 16.7. The number of nitrogens with two attached hydrogens (primary N) is 1. The molecule has 21 heavy (non-hydrogen) atoms. The van der Waals surface area contributed by atoms with Gasteiger partial charge < -0.3 is 4.90 Å². The van der Waals surface area contributed by atoms with Crippen LogP contribution in [0.15, 0.2) is 6.20 Å². The van der Waals surface area contributed by atoms with Gasteiger partial charge in [-0.15, -0.1) is 0 Å². The lowest BCUT2D eigenvalue weighted by atomic mass is 9.70. The highest BCUT2D eigenvalue weighted by Crippen LogP contribution is 2.46. The van der Waals surface area contributed by atoms with Gasteiger partial charge in [-0.1, -0.05) is 37.8 Å². The summed E-state index contributed by atoms with van der Waals surface area (Å²) >= 11 is 6.42. The summed E-state index contributed by atoms with van der Waals surface area (Å²) in [6, 6.07) is 0.0509. The summed E-state index contributed by atoms with van der Waals surface area (Å²) in [7, 11) is 4.12. The molecule has 1 saturated carbocycles. The maximum absolute atomic E-state index is 6.42. The second kappa shape index (κ2) is 7.09. The third-order valence-corrected chi connectivity index (χ3v) is 5.02. The van der Waals surface area contributed by atoms with Gasteiger partial charge in [0.05, 0.1) is 29.5 Å². The first-order chi connectivity index (χ1) is 9.98. The number of hydrogen-bond acceptors (Lipinski definition) is 4. The smallest absolute Gasteiger partial charge is 0.0834 e. The maximum Gasteiger partial charge on any atom is 0.0834 e. The molecule has 1 aromatic rings. The van der Waals surface area contributed by atoms with Gasteiger partial charge in [-0.05, 0) is 32.4 Å². The van der Waals surface area contributed by atoms with Crippen molar-refractivity contribution >= 4 is 11.6 Å². The van der Waals surface area contributed by atoms with E-state index in [2.05, 4.69) is 36.4 Å². The van der Waals surface area contributed by atoms with Crippen molar-refractivity contribution in [2.75, 3.05) is 20.6 Å². The Morgan fingerprint density at radius 2 is 2.10 bits per heavy atom. The number of nitrogens with one attached hydrogen (secondary N) is 1. The van der Waals surface area contributed by atoms with Crippen molar-refractivity contribution in [3.05, 3.63) is 16.9 Å². The standard InChI is InChI=1S/C15H28ClN5/c1-15(7-5-4-6-8-15)14(19-17)13-12(16)11-18-21(13)10-9-20(2)3/h11,14,19H,4-10,17H2,1-3H3. The molecule has 0 radical (unpaired) electrons. The number of likely N-dealkylation sites (N-methyl/N-ethyl adjacent to an activating group) is 1. The lowest BCUT2D eigenvalue weighted by molar-refractivity contribution is 0.138. The SMILES string of the molecule is CN(C)CCn1ncc(Cl)c1C(NN)C1(C)CCCCC1. The van der Waals surface area contributed by atoms with E-state index in [1.807, 2.05) is 4.68 Å². The maximum atomic E-state index is 6.42. The highest BCUT2D eigenvalue weighted by atomic mass is 35.5. The number of hydrazine groups is 1. The first-order valence-corrected chi connectivity index (χ1v) is 8.18. The van der Waals surface area contributed by atoms with Crippen LogP contribution < -0.4 is 11.3 Å². The number of rotatable bonds is 6. The summed E-state index contributed by atoms with van der Waals surface area (Å²) in [5.41, 5.74) is 4.20. The van der Waals surface area contributed by atoms with Crippen LogP contribution in [-0.4, -0.2) is 35.3 Å². The summed E-state index contributed by atoms with van der Waals surface area (Å²) in [4.78, 5) is 2.15. The second-order valence-corrected chi connectivity index (χ2v) is 7.13. The van der Waals surface area contributed by atoms with Crippen LogP contribution in [0.2, 0.25) is 5.02 Å². The second-order valence-electron chi connectivity index (χ2n) is 6.72. The molecule has 0 aliphatic heterocycles. The van der Waals surface area contributed by atoms with Crippen molar-refractivity contribution in [2.24, 2.45) is 11.3 Å². The van der Waals surface area contributed by atoms with E-state index in [0.29, 0.717) is 5.02 Å². The van der Waals surface area contributed by atoms with E-state index in [1.165, 1.54) is 32.1 Å². The summed E-state index contributed by atoms with van der Waals surface area (Å²) in [6.07, 6.45) is 7.94.